The largest absolute Gasteiger partial charge is 0.231 e. The van der Waals surface area contributed by atoms with Crippen LogP contribution in [0.4, 0.5) is 0 Å². The first-order valence-electron chi connectivity index (χ1n) is 8.61. The molecule has 0 unspecified atom stereocenters. The summed E-state index contributed by atoms with van der Waals surface area (Å²) in [5.74, 6) is 0. The molecule has 0 amide bonds. The second-order valence-electron chi connectivity index (χ2n) is 6.50. The lowest BCUT2D eigenvalue weighted by molar-refractivity contribution is -0.352. The second-order valence-corrected chi connectivity index (χ2v) is 9.79. The van der Waals surface area contributed by atoms with Gasteiger partial charge in [0.2, 0.25) is 12.1 Å². The van der Waals surface area contributed by atoms with Crippen LogP contribution in [0.15, 0.2) is 91.0 Å². The van der Waals surface area contributed by atoms with Crippen LogP contribution in [0.5, 0.6) is 0 Å². The van der Waals surface area contributed by atoms with Crippen molar-refractivity contribution < 1.29 is 4.33 Å². The lowest BCUT2D eigenvalue weighted by atomic mass is 10.4. The smallest absolute Gasteiger partial charge is 0.206 e. The maximum atomic E-state index is 2.74. The zero-order valence-electron chi connectivity index (χ0n) is 14.2. The summed E-state index contributed by atoms with van der Waals surface area (Å²) in [6.45, 7) is 4.71. The topological polar surface area (TPSA) is 3.01 Å². The van der Waals surface area contributed by atoms with Crippen LogP contribution in [-0.2, 0) is 0 Å². The van der Waals surface area contributed by atoms with Gasteiger partial charge in [0, 0.05) is 29.8 Å². The lowest BCUT2D eigenvalue weighted by Crippen LogP contribution is -2.28. The van der Waals surface area contributed by atoms with E-state index in [9.17, 15) is 0 Å². The van der Waals surface area contributed by atoms with Crippen LogP contribution in [0.1, 0.15) is 13.8 Å². The van der Waals surface area contributed by atoms with Crippen LogP contribution >= 0.6 is 7.05 Å². The van der Waals surface area contributed by atoms with E-state index in [4.69, 9.17) is 0 Å². The van der Waals surface area contributed by atoms with Gasteiger partial charge in [0.15, 0.2) is 7.05 Å². The Kier molecular flexibility index (Phi) is 3.90. The van der Waals surface area contributed by atoms with E-state index in [-0.39, 0.29) is 0 Å². The van der Waals surface area contributed by atoms with Crippen LogP contribution in [0.25, 0.3) is 0 Å². The van der Waals surface area contributed by atoms with Gasteiger partial charge in [-0.1, -0.05) is 54.6 Å². The van der Waals surface area contributed by atoms with Crippen molar-refractivity contribution in [1.82, 2.24) is 0 Å². The monoisotopic (exact) mass is 332 g/mol. The summed E-state index contributed by atoms with van der Waals surface area (Å²) in [6, 6.07) is 34.5. The van der Waals surface area contributed by atoms with E-state index < -0.39 is 7.05 Å². The average molecular weight is 332 g/mol. The van der Waals surface area contributed by atoms with E-state index in [2.05, 4.69) is 109 Å². The van der Waals surface area contributed by atoms with E-state index in [0.29, 0.717) is 12.1 Å². The molecule has 120 valence electrons. The molecule has 3 aromatic rings. The number of hydrogen-bond donors (Lipinski definition) is 0. The number of nitrogens with zero attached hydrogens (tertiary/aromatic N) is 1. The molecular formula is C22H23NP+. The normalized spacial score (nSPS) is 20.0. The van der Waals surface area contributed by atoms with Crippen molar-refractivity contribution in [2.24, 2.45) is 0 Å². The average Bonchev–Trinajstić information content (AvgIpc) is 3.25. The van der Waals surface area contributed by atoms with E-state index in [1.54, 1.807) is 0 Å². The highest BCUT2D eigenvalue weighted by molar-refractivity contribution is 7.85. The quantitative estimate of drug-likeness (QED) is 0.504. The van der Waals surface area contributed by atoms with Gasteiger partial charge in [-0.05, 0) is 36.4 Å². The minimum atomic E-state index is -1.79. The summed E-state index contributed by atoms with van der Waals surface area (Å²) in [7, 11) is -1.79. The molecule has 2 atom stereocenters. The van der Waals surface area contributed by atoms with Gasteiger partial charge in [0.25, 0.3) is 0 Å². The molecule has 1 fully saturated rings. The highest BCUT2D eigenvalue weighted by Crippen LogP contribution is 2.52. The van der Waals surface area contributed by atoms with Crippen molar-refractivity contribution in [2.75, 3.05) is 0 Å². The van der Waals surface area contributed by atoms with Gasteiger partial charge in [0.1, 0.15) is 0 Å². The number of benzene rings is 3. The Morgan fingerprint density at radius 1 is 0.542 bits per heavy atom. The fourth-order valence-electron chi connectivity index (χ4n) is 3.81. The first kappa shape index (κ1) is 15.4. The molecule has 1 aliphatic rings. The first-order chi connectivity index (χ1) is 11.8. The van der Waals surface area contributed by atoms with Gasteiger partial charge in [-0.15, -0.1) is 0 Å². The minimum Gasteiger partial charge on any atom is -0.231 e. The molecular weight excluding hydrogens is 309 g/mol. The number of hydrogen-bond acceptors (Lipinski definition) is 0. The van der Waals surface area contributed by atoms with Crippen LogP contribution in [-0.4, -0.2) is 16.4 Å². The van der Waals surface area contributed by atoms with Crippen molar-refractivity contribution in [3.63, 3.8) is 0 Å². The van der Waals surface area contributed by atoms with E-state index in [1.165, 1.54) is 15.9 Å². The third-order valence-electron chi connectivity index (χ3n) is 5.18. The fourth-order valence-corrected chi connectivity index (χ4v) is 8.73. The van der Waals surface area contributed by atoms with Crippen LogP contribution in [0, 0.1) is 0 Å². The summed E-state index contributed by atoms with van der Waals surface area (Å²) >= 11 is 0. The molecule has 2 heteroatoms. The molecule has 3 aromatic carbocycles. The zero-order valence-corrected chi connectivity index (χ0v) is 15.1. The molecule has 0 bridgehead atoms. The Hall–Kier alpha value is -2.11. The molecule has 1 aliphatic heterocycles. The lowest BCUT2D eigenvalue weighted by Gasteiger charge is -2.21. The van der Waals surface area contributed by atoms with Gasteiger partial charge in [-0.25, -0.2) is 4.33 Å². The van der Waals surface area contributed by atoms with Crippen LogP contribution < -0.4 is 15.9 Å². The second kappa shape index (κ2) is 6.07. The maximum absolute atomic E-state index is 2.74. The number of rotatable bonds is 3. The molecule has 1 heterocycles. The molecule has 4 rings (SSSR count). The van der Waals surface area contributed by atoms with Crippen LogP contribution in [0.2, 0.25) is 0 Å². The van der Waals surface area contributed by atoms with E-state index in [1.807, 2.05) is 0 Å². The molecule has 0 saturated carbocycles. The van der Waals surface area contributed by atoms with Crippen LogP contribution in [0.3, 0.4) is 0 Å². The zero-order chi connectivity index (χ0) is 16.6. The Balaban J connectivity index is 2.16. The van der Waals surface area contributed by atoms with Crippen molar-refractivity contribution in [1.29, 1.82) is 0 Å². The Morgan fingerprint density at radius 3 is 1.08 bits per heavy atom. The Labute approximate surface area is 144 Å². The third-order valence-corrected chi connectivity index (χ3v) is 9.74. The van der Waals surface area contributed by atoms with Gasteiger partial charge in [-0.3, -0.25) is 0 Å². The predicted octanol–water partition coefficient (Wildman–Crippen LogP) is 3.97. The summed E-state index contributed by atoms with van der Waals surface area (Å²) in [5.41, 5.74) is 0. The summed E-state index contributed by atoms with van der Waals surface area (Å²) in [5, 5.41) is 4.33. The molecule has 0 N–H and O–H groups in total. The predicted molar refractivity (Wildman–Crippen MR) is 104 cm³/mol. The first-order valence-corrected chi connectivity index (χ1v) is 10.3. The van der Waals surface area contributed by atoms with Gasteiger partial charge < -0.3 is 0 Å². The van der Waals surface area contributed by atoms with Crippen molar-refractivity contribution in [3.05, 3.63) is 91.0 Å². The summed E-state index contributed by atoms with van der Waals surface area (Å²) < 4.78 is 2.74. The maximum Gasteiger partial charge on any atom is 0.206 e. The molecule has 0 spiro atoms. The summed E-state index contributed by atoms with van der Waals surface area (Å²) in [4.78, 5) is 0. The molecule has 0 aromatic heterocycles. The Bertz CT molecular complexity index is 772. The van der Waals surface area contributed by atoms with Crippen molar-refractivity contribution in [2.45, 2.75) is 25.9 Å². The molecule has 1 nitrogen and oxygen atoms in total. The van der Waals surface area contributed by atoms with E-state index >= 15 is 0 Å². The Morgan fingerprint density at radius 2 is 0.833 bits per heavy atom. The van der Waals surface area contributed by atoms with Gasteiger partial charge in [0.05, 0.1) is 0 Å². The van der Waals surface area contributed by atoms with Gasteiger partial charge >= 0.3 is 0 Å². The molecule has 0 aliphatic carbocycles. The molecule has 0 radical (unpaired) electrons. The standard InChI is InChI=1S/C22H23NP/c1-18-19(2)23(18)24(20-12-6-3-7-13-20,21-14-8-4-9-15-21)22-16-10-5-11-17-22/h3-19H,1-2H3/q+1/t18-,19+. The minimum absolute atomic E-state index is 0.610. The van der Waals surface area contributed by atoms with E-state index in [0.717, 1.165) is 0 Å². The highest BCUT2D eigenvalue weighted by Gasteiger charge is 2.55. The molecule has 24 heavy (non-hydrogen) atoms. The van der Waals surface area contributed by atoms with Crippen molar-refractivity contribution >= 4 is 23.0 Å². The van der Waals surface area contributed by atoms with Gasteiger partial charge in [-0.2, -0.15) is 0 Å². The highest BCUT2D eigenvalue weighted by atomic mass is 31.2. The fraction of sp³-hybridized carbons (Fsp3) is 0.182. The third kappa shape index (κ3) is 2.27. The van der Waals surface area contributed by atoms with Crippen molar-refractivity contribution in [3.8, 4) is 0 Å². The molecule has 1 saturated heterocycles. The summed E-state index contributed by atoms with van der Waals surface area (Å²) in [6.07, 6.45) is 0. The SMILES string of the molecule is C[C@@H]1[C@H](C)[N+]1=P(c1ccccc1)(c1ccccc1)c1ccccc1.